The van der Waals surface area contributed by atoms with E-state index in [4.69, 9.17) is 0 Å². The monoisotopic (exact) mass is 186 g/mol. The smallest absolute Gasteiger partial charge is 0.236 e. The van der Waals surface area contributed by atoms with Gasteiger partial charge >= 0.3 is 0 Å². The second kappa shape index (κ2) is 4.58. The molecule has 0 radical (unpaired) electrons. The van der Waals surface area contributed by atoms with Crippen LogP contribution in [0.4, 0.5) is 0 Å². The van der Waals surface area contributed by atoms with Crippen LogP contribution in [0.15, 0.2) is 0 Å². The Labute approximate surface area is 78.9 Å². The number of nitrogens with one attached hydrogen (secondary N) is 1. The van der Waals surface area contributed by atoms with E-state index >= 15 is 0 Å². The van der Waals surface area contributed by atoms with Crippen LogP contribution < -0.4 is 5.32 Å². The van der Waals surface area contributed by atoms with Crippen molar-refractivity contribution >= 4 is 5.91 Å². The van der Waals surface area contributed by atoms with Crippen LogP contribution in [0.25, 0.3) is 0 Å². The minimum atomic E-state index is -0.237. The zero-order valence-electron chi connectivity index (χ0n) is 8.29. The summed E-state index contributed by atoms with van der Waals surface area (Å²) in [5.74, 6) is 0.329. The summed E-state index contributed by atoms with van der Waals surface area (Å²) < 4.78 is 0. The fourth-order valence-electron chi connectivity index (χ4n) is 1.62. The molecule has 0 unspecified atom stereocenters. The molecule has 2 N–H and O–H groups in total. The van der Waals surface area contributed by atoms with Crippen molar-refractivity contribution in [3.63, 3.8) is 0 Å². The van der Waals surface area contributed by atoms with Gasteiger partial charge in [0.05, 0.1) is 12.6 Å². The van der Waals surface area contributed by atoms with Crippen molar-refractivity contribution < 1.29 is 9.90 Å². The molecule has 2 atom stereocenters. The van der Waals surface area contributed by atoms with Gasteiger partial charge in [-0.3, -0.25) is 4.79 Å². The van der Waals surface area contributed by atoms with Crippen molar-refractivity contribution in [1.82, 2.24) is 10.2 Å². The van der Waals surface area contributed by atoms with Crippen LogP contribution in [0.3, 0.4) is 0 Å². The molecule has 1 saturated heterocycles. The molecule has 0 aliphatic carbocycles. The SMILES string of the molecule is CNCC(=O)N1CC[C@H](O)[C@H](C)C1. The Bertz CT molecular complexity index is 184. The summed E-state index contributed by atoms with van der Waals surface area (Å²) in [6.45, 7) is 3.74. The van der Waals surface area contributed by atoms with E-state index in [-0.39, 0.29) is 17.9 Å². The first-order valence-corrected chi connectivity index (χ1v) is 4.75. The third-order valence-electron chi connectivity index (χ3n) is 2.54. The summed E-state index contributed by atoms with van der Waals surface area (Å²) in [7, 11) is 1.76. The summed E-state index contributed by atoms with van der Waals surface area (Å²) in [6.07, 6.45) is 0.468. The lowest BCUT2D eigenvalue weighted by Crippen LogP contribution is -2.47. The molecule has 1 heterocycles. The average Bonchev–Trinajstić information content (AvgIpc) is 2.10. The van der Waals surface area contributed by atoms with E-state index in [1.165, 1.54) is 0 Å². The van der Waals surface area contributed by atoms with Crippen molar-refractivity contribution in [3.8, 4) is 0 Å². The third kappa shape index (κ3) is 2.67. The second-order valence-corrected chi connectivity index (χ2v) is 3.70. The highest BCUT2D eigenvalue weighted by Crippen LogP contribution is 2.16. The van der Waals surface area contributed by atoms with Crippen molar-refractivity contribution in [3.05, 3.63) is 0 Å². The highest BCUT2D eigenvalue weighted by atomic mass is 16.3. The maximum absolute atomic E-state index is 11.4. The van der Waals surface area contributed by atoms with E-state index in [2.05, 4.69) is 5.32 Å². The Balaban J connectivity index is 2.40. The summed E-state index contributed by atoms with van der Waals surface area (Å²) in [6, 6.07) is 0. The van der Waals surface area contributed by atoms with E-state index in [1.807, 2.05) is 11.8 Å². The number of amides is 1. The Hall–Kier alpha value is -0.610. The molecule has 0 saturated carbocycles. The number of piperidine rings is 1. The van der Waals surface area contributed by atoms with Gasteiger partial charge in [-0.15, -0.1) is 0 Å². The number of hydrogen-bond donors (Lipinski definition) is 2. The molecule has 13 heavy (non-hydrogen) atoms. The number of aliphatic hydroxyl groups is 1. The lowest BCUT2D eigenvalue weighted by Gasteiger charge is -2.34. The molecule has 4 nitrogen and oxygen atoms in total. The number of rotatable bonds is 2. The molecule has 1 aliphatic heterocycles. The Kier molecular flexibility index (Phi) is 3.69. The van der Waals surface area contributed by atoms with Crippen molar-refractivity contribution in [2.75, 3.05) is 26.7 Å². The minimum Gasteiger partial charge on any atom is -0.393 e. The first-order valence-electron chi connectivity index (χ1n) is 4.75. The number of likely N-dealkylation sites (tertiary alicyclic amines) is 1. The maximum Gasteiger partial charge on any atom is 0.236 e. The molecule has 0 aromatic heterocycles. The molecule has 4 heteroatoms. The minimum absolute atomic E-state index is 0.126. The molecule has 0 bridgehead atoms. The summed E-state index contributed by atoms with van der Waals surface area (Å²) in [5, 5.41) is 12.3. The molecular formula is C9H18N2O2. The van der Waals surface area contributed by atoms with E-state index in [1.54, 1.807) is 7.05 Å². The summed E-state index contributed by atoms with van der Waals surface area (Å²) in [4.78, 5) is 13.2. The molecule has 1 rings (SSSR count). The standard InChI is InChI=1S/C9H18N2O2/c1-7-6-11(4-3-8(7)12)9(13)5-10-2/h7-8,10,12H,3-6H2,1-2H3/t7-,8+/m1/s1. The highest BCUT2D eigenvalue weighted by molar-refractivity contribution is 5.78. The first-order chi connectivity index (χ1) is 6.15. The predicted molar refractivity (Wildman–Crippen MR) is 50.3 cm³/mol. The predicted octanol–water partition coefficient (Wildman–Crippen LogP) is -0.565. The zero-order valence-corrected chi connectivity index (χ0v) is 8.29. The topological polar surface area (TPSA) is 52.6 Å². The van der Waals surface area contributed by atoms with Crippen LogP contribution in [-0.4, -0.2) is 48.7 Å². The van der Waals surface area contributed by atoms with Gasteiger partial charge in [-0.1, -0.05) is 6.92 Å². The second-order valence-electron chi connectivity index (χ2n) is 3.70. The maximum atomic E-state index is 11.4. The van der Waals surface area contributed by atoms with Crippen LogP contribution in [-0.2, 0) is 4.79 Å². The van der Waals surface area contributed by atoms with Crippen LogP contribution in [0, 0.1) is 5.92 Å². The van der Waals surface area contributed by atoms with Crippen molar-refractivity contribution in [1.29, 1.82) is 0 Å². The van der Waals surface area contributed by atoms with Crippen molar-refractivity contribution in [2.24, 2.45) is 5.92 Å². The number of aliphatic hydroxyl groups excluding tert-OH is 1. The highest BCUT2D eigenvalue weighted by Gasteiger charge is 2.26. The van der Waals surface area contributed by atoms with Crippen molar-refractivity contribution in [2.45, 2.75) is 19.4 Å². The Morgan fingerprint density at radius 2 is 2.38 bits per heavy atom. The van der Waals surface area contributed by atoms with Crippen LogP contribution >= 0.6 is 0 Å². The van der Waals surface area contributed by atoms with Crippen LogP contribution in [0.1, 0.15) is 13.3 Å². The lowest BCUT2D eigenvalue weighted by molar-refractivity contribution is -0.133. The number of hydrogen-bond acceptors (Lipinski definition) is 3. The van der Waals surface area contributed by atoms with Gasteiger partial charge in [0.2, 0.25) is 5.91 Å². The Morgan fingerprint density at radius 3 is 2.92 bits per heavy atom. The third-order valence-corrected chi connectivity index (χ3v) is 2.54. The quantitative estimate of drug-likeness (QED) is 0.607. The molecular weight excluding hydrogens is 168 g/mol. The lowest BCUT2D eigenvalue weighted by atomic mass is 9.97. The van der Waals surface area contributed by atoms with Gasteiger partial charge in [0, 0.05) is 13.1 Å². The summed E-state index contributed by atoms with van der Waals surface area (Å²) >= 11 is 0. The van der Waals surface area contributed by atoms with Gasteiger partial charge < -0.3 is 15.3 Å². The van der Waals surface area contributed by atoms with Gasteiger partial charge in [0.25, 0.3) is 0 Å². The van der Waals surface area contributed by atoms with E-state index in [9.17, 15) is 9.90 Å². The fourth-order valence-corrected chi connectivity index (χ4v) is 1.62. The first kappa shape index (κ1) is 10.5. The van der Waals surface area contributed by atoms with Crippen LogP contribution in [0.5, 0.6) is 0 Å². The number of carbonyl (C=O) groups is 1. The van der Waals surface area contributed by atoms with Gasteiger partial charge in [-0.25, -0.2) is 0 Å². The largest absolute Gasteiger partial charge is 0.393 e. The van der Waals surface area contributed by atoms with Crippen LogP contribution in [0.2, 0.25) is 0 Å². The van der Waals surface area contributed by atoms with Gasteiger partial charge in [0.1, 0.15) is 0 Å². The molecule has 76 valence electrons. The zero-order chi connectivity index (χ0) is 9.84. The van der Waals surface area contributed by atoms with E-state index in [0.29, 0.717) is 26.1 Å². The normalized spacial score (nSPS) is 29.0. The number of carbonyl (C=O) groups excluding carboxylic acids is 1. The van der Waals surface area contributed by atoms with Gasteiger partial charge in [-0.2, -0.15) is 0 Å². The molecule has 0 spiro atoms. The fraction of sp³-hybridized carbons (Fsp3) is 0.889. The van der Waals surface area contributed by atoms with Gasteiger partial charge in [-0.05, 0) is 19.4 Å². The molecule has 0 aromatic rings. The summed E-state index contributed by atoms with van der Waals surface area (Å²) in [5.41, 5.74) is 0. The molecule has 0 aromatic carbocycles. The Morgan fingerprint density at radius 1 is 1.69 bits per heavy atom. The molecule has 1 fully saturated rings. The van der Waals surface area contributed by atoms with Gasteiger partial charge in [0.15, 0.2) is 0 Å². The number of likely N-dealkylation sites (N-methyl/N-ethyl adjacent to an activating group) is 1. The molecule has 1 aliphatic rings. The average molecular weight is 186 g/mol. The van der Waals surface area contributed by atoms with E-state index < -0.39 is 0 Å². The number of nitrogens with zero attached hydrogens (tertiary/aromatic N) is 1. The van der Waals surface area contributed by atoms with E-state index in [0.717, 1.165) is 0 Å². The molecule has 1 amide bonds.